The smallest absolute Gasteiger partial charge is 0.240 e. The Balaban J connectivity index is 1.97. The molecule has 1 aliphatic rings. The predicted molar refractivity (Wildman–Crippen MR) is 85.4 cm³/mol. The van der Waals surface area contributed by atoms with Crippen LogP contribution in [0.1, 0.15) is 51.1 Å². The van der Waals surface area contributed by atoms with Crippen LogP contribution in [0.15, 0.2) is 29.2 Å². The van der Waals surface area contributed by atoms with E-state index in [9.17, 15) is 8.42 Å². The average Bonchev–Trinajstić information content (AvgIpc) is 2.45. The fraction of sp³-hybridized carbons (Fsp3) is 0.625. The Morgan fingerprint density at radius 2 is 1.95 bits per heavy atom. The fourth-order valence-electron chi connectivity index (χ4n) is 3.01. The number of benzene rings is 1. The van der Waals surface area contributed by atoms with Crippen molar-refractivity contribution >= 4 is 10.0 Å². The topological polar surface area (TPSA) is 72.2 Å². The van der Waals surface area contributed by atoms with Crippen LogP contribution in [-0.4, -0.2) is 15.0 Å². The summed E-state index contributed by atoms with van der Waals surface area (Å²) in [5.41, 5.74) is 6.72. The molecule has 0 bridgehead atoms. The van der Waals surface area contributed by atoms with Crippen molar-refractivity contribution in [2.45, 2.75) is 50.5 Å². The van der Waals surface area contributed by atoms with Crippen LogP contribution in [0, 0.1) is 11.8 Å². The SMILES string of the molecule is CC1CCCC(CNS(=O)(=O)c2ccc(C(C)N)cc2)C1. The summed E-state index contributed by atoms with van der Waals surface area (Å²) in [5, 5.41) is 0. The summed E-state index contributed by atoms with van der Waals surface area (Å²) in [5.74, 6) is 1.17. The van der Waals surface area contributed by atoms with E-state index < -0.39 is 10.0 Å². The first kappa shape index (κ1) is 16.5. The summed E-state index contributed by atoms with van der Waals surface area (Å²) in [6.07, 6.45) is 4.71. The van der Waals surface area contributed by atoms with Gasteiger partial charge in [-0.05, 0) is 49.3 Å². The first-order valence-electron chi connectivity index (χ1n) is 7.73. The van der Waals surface area contributed by atoms with Gasteiger partial charge in [-0.1, -0.05) is 31.9 Å². The Morgan fingerprint density at radius 3 is 2.52 bits per heavy atom. The van der Waals surface area contributed by atoms with Gasteiger partial charge in [0.25, 0.3) is 0 Å². The molecule has 3 N–H and O–H groups in total. The van der Waals surface area contributed by atoms with E-state index in [2.05, 4.69) is 11.6 Å². The molecule has 2 rings (SSSR count). The number of nitrogens with two attached hydrogens (primary N) is 1. The summed E-state index contributed by atoms with van der Waals surface area (Å²) < 4.78 is 27.3. The van der Waals surface area contributed by atoms with Crippen molar-refractivity contribution in [2.24, 2.45) is 17.6 Å². The lowest BCUT2D eigenvalue weighted by molar-refractivity contribution is 0.283. The molecule has 0 aromatic heterocycles. The lowest BCUT2D eigenvalue weighted by Gasteiger charge is -2.26. The minimum atomic E-state index is -3.41. The van der Waals surface area contributed by atoms with Crippen LogP contribution in [0.3, 0.4) is 0 Å². The van der Waals surface area contributed by atoms with Crippen molar-refractivity contribution in [3.8, 4) is 0 Å². The molecule has 0 saturated heterocycles. The molecule has 118 valence electrons. The van der Waals surface area contributed by atoms with E-state index in [0.717, 1.165) is 18.4 Å². The Morgan fingerprint density at radius 1 is 1.29 bits per heavy atom. The van der Waals surface area contributed by atoms with Gasteiger partial charge in [0.1, 0.15) is 0 Å². The summed E-state index contributed by atoms with van der Waals surface area (Å²) in [4.78, 5) is 0.316. The van der Waals surface area contributed by atoms with Crippen LogP contribution in [0.25, 0.3) is 0 Å². The first-order chi connectivity index (χ1) is 9.88. The Kier molecular flexibility index (Phi) is 5.41. The van der Waals surface area contributed by atoms with E-state index in [1.807, 2.05) is 6.92 Å². The molecule has 4 nitrogen and oxygen atoms in total. The van der Waals surface area contributed by atoms with Gasteiger partial charge in [0.05, 0.1) is 4.90 Å². The molecule has 1 fully saturated rings. The quantitative estimate of drug-likeness (QED) is 0.878. The molecule has 0 radical (unpaired) electrons. The van der Waals surface area contributed by atoms with Crippen LogP contribution in [0.4, 0.5) is 0 Å². The summed E-state index contributed by atoms with van der Waals surface area (Å²) in [6.45, 7) is 4.67. The standard InChI is InChI=1S/C16H26N2O2S/c1-12-4-3-5-14(10-12)11-18-21(19,20)16-8-6-15(7-9-16)13(2)17/h6-9,12-14,18H,3-5,10-11,17H2,1-2H3. The number of nitrogens with one attached hydrogen (secondary N) is 1. The van der Waals surface area contributed by atoms with Gasteiger partial charge >= 0.3 is 0 Å². The van der Waals surface area contributed by atoms with E-state index in [-0.39, 0.29) is 6.04 Å². The zero-order valence-electron chi connectivity index (χ0n) is 12.9. The van der Waals surface area contributed by atoms with Crippen LogP contribution in [0.5, 0.6) is 0 Å². The number of rotatable bonds is 5. The third-order valence-electron chi connectivity index (χ3n) is 4.32. The summed E-state index contributed by atoms with van der Waals surface area (Å²) >= 11 is 0. The maximum Gasteiger partial charge on any atom is 0.240 e. The number of hydrogen-bond acceptors (Lipinski definition) is 3. The fourth-order valence-corrected chi connectivity index (χ4v) is 4.12. The lowest BCUT2D eigenvalue weighted by Crippen LogP contribution is -2.31. The maximum absolute atomic E-state index is 12.3. The van der Waals surface area contributed by atoms with Gasteiger partial charge in [-0.2, -0.15) is 0 Å². The molecular weight excluding hydrogens is 284 g/mol. The van der Waals surface area contributed by atoms with E-state index in [4.69, 9.17) is 5.73 Å². The molecule has 5 heteroatoms. The molecule has 0 spiro atoms. The minimum absolute atomic E-state index is 0.0848. The molecule has 0 aliphatic heterocycles. The van der Waals surface area contributed by atoms with Gasteiger partial charge < -0.3 is 5.73 Å². The maximum atomic E-state index is 12.3. The van der Waals surface area contributed by atoms with Crippen LogP contribution < -0.4 is 10.5 Å². The molecule has 1 aliphatic carbocycles. The Hall–Kier alpha value is -0.910. The molecular formula is C16H26N2O2S. The van der Waals surface area contributed by atoms with Crippen molar-refractivity contribution < 1.29 is 8.42 Å². The zero-order chi connectivity index (χ0) is 15.5. The molecule has 21 heavy (non-hydrogen) atoms. The third-order valence-corrected chi connectivity index (χ3v) is 5.76. The monoisotopic (exact) mass is 310 g/mol. The van der Waals surface area contributed by atoms with Crippen LogP contribution in [-0.2, 0) is 10.0 Å². The number of hydrogen-bond donors (Lipinski definition) is 2. The Labute approximate surface area is 128 Å². The van der Waals surface area contributed by atoms with Gasteiger partial charge in [-0.15, -0.1) is 0 Å². The molecule has 1 aromatic carbocycles. The minimum Gasteiger partial charge on any atom is -0.324 e. The van der Waals surface area contributed by atoms with E-state index in [1.165, 1.54) is 12.8 Å². The van der Waals surface area contributed by atoms with Crippen molar-refractivity contribution in [1.29, 1.82) is 0 Å². The van der Waals surface area contributed by atoms with Gasteiger partial charge in [0, 0.05) is 12.6 Å². The predicted octanol–water partition coefficient (Wildman–Crippen LogP) is 2.81. The molecule has 0 heterocycles. The second-order valence-electron chi connectivity index (χ2n) is 6.35. The highest BCUT2D eigenvalue weighted by Crippen LogP contribution is 2.28. The van der Waals surface area contributed by atoms with E-state index in [1.54, 1.807) is 24.3 Å². The average molecular weight is 310 g/mol. The van der Waals surface area contributed by atoms with Crippen LogP contribution >= 0.6 is 0 Å². The highest BCUT2D eigenvalue weighted by atomic mass is 32.2. The third kappa shape index (κ3) is 4.53. The highest BCUT2D eigenvalue weighted by Gasteiger charge is 2.21. The van der Waals surface area contributed by atoms with Gasteiger partial charge in [0.2, 0.25) is 10.0 Å². The van der Waals surface area contributed by atoms with Crippen molar-refractivity contribution in [3.05, 3.63) is 29.8 Å². The van der Waals surface area contributed by atoms with Crippen molar-refractivity contribution in [3.63, 3.8) is 0 Å². The van der Waals surface area contributed by atoms with Crippen molar-refractivity contribution in [1.82, 2.24) is 4.72 Å². The van der Waals surface area contributed by atoms with Crippen LogP contribution in [0.2, 0.25) is 0 Å². The highest BCUT2D eigenvalue weighted by molar-refractivity contribution is 7.89. The first-order valence-corrected chi connectivity index (χ1v) is 9.22. The lowest BCUT2D eigenvalue weighted by atomic mass is 9.83. The summed E-state index contributed by atoms with van der Waals surface area (Å²) in [6, 6.07) is 6.73. The zero-order valence-corrected chi connectivity index (χ0v) is 13.7. The summed E-state index contributed by atoms with van der Waals surface area (Å²) in [7, 11) is -3.41. The van der Waals surface area contributed by atoms with E-state index in [0.29, 0.717) is 23.3 Å². The second-order valence-corrected chi connectivity index (χ2v) is 8.11. The molecule has 1 saturated carbocycles. The second kappa shape index (κ2) is 6.90. The molecule has 0 amide bonds. The van der Waals surface area contributed by atoms with E-state index >= 15 is 0 Å². The van der Waals surface area contributed by atoms with Crippen molar-refractivity contribution in [2.75, 3.05) is 6.54 Å². The number of sulfonamides is 1. The molecule has 1 aromatic rings. The van der Waals surface area contributed by atoms with Gasteiger partial charge in [0.15, 0.2) is 0 Å². The Bertz CT molecular complexity index is 552. The molecule has 3 atom stereocenters. The largest absolute Gasteiger partial charge is 0.324 e. The van der Waals surface area contributed by atoms with Gasteiger partial charge in [-0.25, -0.2) is 13.1 Å². The normalized spacial score (nSPS) is 24.7. The molecule has 3 unspecified atom stereocenters. The van der Waals surface area contributed by atoms with Gasteiger partial charge in [-0.3, -0.25) is 0 Å².